The van der Waals surface area contributed by atoms with Gasteiger partial charge in [-0.25, -0.2) is 0 Å². The van der Waals surface area contributed by atoms with Crippen molar-refractivity contribution in [1.82, 2.24) is 0 Å². The molecule has 0 aliphatic rings. The SMILES string of the molecule is COc1ccc(C(Nc2ccccc2)c2ccccc2)cc1. The second kappa shape index (κ2) is 6.81. The lowest BCUT2D eigenvalue weighted by atomic mass is 9.98. The molecule has 0 bridgehead atoms. The Morgan fingerprint density at radius 3 is 1.82 bits per heavy atom. The second-order valence-electron chi connectivity index (χ2n) is 5.13. The van der Waals surface area contributed by atoms with E-state index in [4.69, 9.17) is 4.74 Å². The Kier molecular flexibility index (Phi) is 4.40. The molecule has 0 saturated carbocycles. The van der Waals surface area contributed by atoms with Crippen molar-refractivity contribution in [3.05, 3.63) is 96.1 Å². The standard InChI is InChI=1S/C20H19NO/c1-22-19-14-12-17(13-15-19)20(16-8-4-2-5-9-16)21-18-10-6-3-7-11-18/h2-15,20-21H,1H3. The first kappa shape index (κ1) is 14.2. The summed E-state index contributed by atoms with van der Waals surface area (Å²) < 4.78 is 5.25. The van der Waals surface area contributed by atoms with Crippen LogP contribution in [0.3, 0.4) is 0 Å². The van der Waals surface area contributed by atoms with E-state index in [0.717, 1.165) is 11.4 Å². The van der Waals surface area contributed by atoms with Crippen LogP contribution in [0.1, 0.15) is 17.2 Å². The molecule has 3 rings (SSSR count). The van der Waals surface area contributed by atoms with Crippen LogP contribution in [-0.2, 0) is 0 Å². The minimum Gasteiger partial charge on any atom is -0.497 e. The first-order valence-electron chi connectivity index (χ1n) is 7.37. The summed E-state index contributed by atoms with van der Waals surface area (Å²) in [5, 5.41) is 3.61. The van der Waals surface area contributed by atoms with E-state index >= 15 is 0 Å². The molecule has 2 heteroatoms. The van der Waals surface area contributed by atoms with Crippen LogP contribution in [0.15, 0.2) is 84.9 Å². The Morgan fingerprint density at radius 2 is 1.23 bits per heavy atom. The molecule has 1 atom stereocenters. The van der Waals surface area contributed by atoms with Gasteiger partial charge in [0.05, 0.1) is 13.2 Å². The fourth-order valence-corrected chi connectivity index (χ4v) is 2.50. The van der Waals surface area contributed by atoms with E-state index in [1.54, 1.807) is 7.11 Å². The molecule has 0 radical (unpaired) electrons. The third kappa shape index (κ3) is 3.29. The van der Waals surface area contributed by atoms with Crippen LogP contribution in [-0.4, -0.2) is 7.11 Å². The highest BCUT2D eigenvalue weighted by Gasteiger charge is 2.13. The van der Waals surface area contributed by atoms with Gasteiger partial charge in [0.2, 0.25) is 0 Å². The van der Waals surface area contributed by atoms with E-state index in [0.29, 0.717) is 0 Å². The molecule has 110 valence electrons. The number of benzene rings is 3. The normalized spacial score (nSPS) is 11.7. The van der Waals surface area contributed by atoms with Gasteiger partial charge in [0.25, 0.3) is 0 Å². The van der Waals surface area contributed by atoms with Gasteiger partial charge < -0.3 is 10.1 Å². The Hall–Kier alpha value is -2.74. The van der Waals surface area contributed by atoms with Gasteiger partial charge in [-0.3, -0.25) is 0 Å². The van der Waals surface area contributed by atoms with Crippen LogP contribution in [0.4, 0.5) is 5.69 Å². The zero-order valence-electron chi connectivity index (χ0n) is 12.6. The minimum absolute atomic E-state index is 0.106. The van der Waals surface area contributed by atoms with Crippen molar-refractivity contribution >= 4 is 5.69 Å². The van der Waals surface area contributed by atoms with Crippen molar-refractivity contribution in [3.63, 3.8) is 0 Å². The lowest BCUT2D eigenvalue weighted by Gasteiger charge is -2.21. The number of rotatable bonds is 5. The van der Waals surface area contributed by atoms with Gasteiger partial charge >= 0.3 is 0 Å². The highest BCUT2D eigenvalue weighted by molar-refractivity contribution is 5.49. The zero-order chi connectivity index (χ0) is 15.2. The van der Waals surface area contributed by atoms with Crippen LogP contribution in [0, 0.1) is 0 Å². The molecule has 3 aromatic carbocycles. The van der Waals surface area contributed by atoms with Crippen LogP contribution in [0.5, 0.6) is 5.75 Å². The number of anilines is 1. The summed E-state index contributed by atoms with van der Waals surface area (Å²) in [7, 11) is 1.69. The summed E-state index contributed by atoms with van der Waals surface area (Å²) in [4.78, 5) is 0. The predicted octanol–water partition coefficient (Wildman–Crippen LogP) is 4.90. The minimum atomic E-state index is 0.106. The molecular weight excluding hydrogens is 270 g/mol. The van der Waals surface area contributed by atoms with Gasteiger partial charge in [0, 0.05) is 5.69 Å². The summed E-state index contributed by atoms with van der Waals surface area (Å²) in [5.74, 6) is 0.871. The second-order valence-corrected chi connectivity index (χ2v) is 5.13. The number of hydrogen-bond donors (Lipinski definition) is 1. The molecule has 0 aliphatic carbocycles. The Balaban J connectivity index is 1.95. The van der Waals surface area contributed by atoms with Crippen molar-refractivity contribution in [3.8, 4) is 5.75 Å². The van der Waals surface area contributed by atoms with Gasteiger partial charge in [-0.1, -0.05) is 60.7 Å². The van der Waals surface area contributed by atoms with Gasteiger partial charge in [-0.2, -0.15) is 0 Å². The average molecular weight is 289 g/mol. The van der Waals surface area contributed by atoms with Gasteiger partial charge in [0.1, 0.15) is 5.75 Å². The molecule has 3 aromatic rings. The van der Waals surface area contributed by atoms with E-state index in [2.05, 4.69) is 53.8 Å². The Labute approximate surface area is 131 Å². The first-order chi connectivity index (χ1) is 10.9. The van der Waals surface area contributed by atoms with Gasteiger partial charge in [-0.15, -0.1) is 0 Å². The third-order valence-electron chi connectivity index (χ3n) is 3.67. The van der Waals surface area contributed by atoms with Gasteiger partial charge in [-0.05, 0) is 35.4 Å². The number of para-hydroxylation sites is 1. The summed E-state index contributed by atoms with van der Waals surface area (Å²) >= 11 is 0. The maximum absolute atomic E-state index is 5.25. The van der Waals surface area contributed by atoms with Crippen molar-refractivity contribution < 1.29 is 4.74 Å². The van der Waals surface area contributed by atoms with Crippen molar-refractivity contribution in [2.24, 2.45) is 0 Å². The molecule has 0 heterocycles. The summed E-state index contributed by atoms with van der Waals surface area (Å²) in [5.41, 5.74) is 3.54. The highest BCUT2D eigenvalue weighted by atomic mass is 16.5. The fraction of sp³-hybridized carbons (Fsp3) is 0.100. The maximum atomic E-state index is 5.25. The average Bonchev–Trinajstić information content (AvgIpc) is 2.61. The lowest BCUT2D eigenvalue weighted by molar-refractivity contribution is 0.414. The van der Waals surface area contributed by atoms with E-state index in [1.165, 1.54) is 11.1 Å². The molecule has 0 saturated heterocycles. The number of ether oxygens (including phenoxy) is 1. The van der Waals surface area contributed by atoms with Crippen LogP contribution in [0.25, 0.3) is 0 Å². The molecule has 2 nitrogen and oxygen atoms in total. The molecule has 22 heavy (non-hydrogen) atoms. The molecule has 1 N–H and O–H groups in total. The third-order valence-corrected chi connectivity index (χ3v) is 3.67. The quantitative estimate of drug-likeness (QED) is 0.721. The summed E-state index contributed by atoms with van der Waals surface area (Å²) in [6, 6.07) is 29.0. The topological polar surface area (TPSA) is 21.3 Å². The van der Waals surface area contributed by atoms with E-state index in [1.807, 2.05) is 36.4 Å². The Morgan fingerprint density at radius 1 is 0.682 bits per heavy atom. The molecule has 0 aromatic heterocycles. The van der Waals surface area contributed by atoms with Gasteiger partial charge in [0.15, 0.2) is 0 Å². The number of nitrogens with one attached hydrogen (secondary N) is 1. The summed E-state index contributed by atoms with van der Waals surface area (Å²) in [6.45, 7) is 0. The fourth-order valence-electron chi connectivity index (χ4n) is 2.50. The molecule has 0 amide bonds. The smallest absolute Gasteiger partial charge is 0.118 e. The predicted molar refractivity (Wildman–Crippen MR) is 91.3 cm³/mol. The maximum Gasteiger partial charge on any atom is 0.118 e. The molecule has 1 unspecified atom stereocenters. The van der Waals surface area contributed by atoms with Crippen molar-refractivity contribution in [1.29, 1.82) is 0 Å². The largest absolute Gasteiger partial charge is 0.497 e. The monoisotopic (exact) mass is 289 g/mol. The van der Waals surface area contributed by atoms with E-state index < -0.39 is 0 Å². The van der Waals surface area contributed by atoms with Crippen LogP contribution in [0.2, 0.25) is 0 Å². The van der Waals surface area contributed by atoms with E-state index in [-0.39, 0.29) is 6.04 Å². The first-order valence-corrected chi connectivity index (χ1v) is 7.37. The molecule has 0 spiro atoms. The number of methoxy groups -OCH3 is 1. The van der Waals surface area contributed by atoms with E-state index in [9.17, 15) is 0 Å². The Bertz CT molecular complexity index is 693. The van der Waals surface area contributed by atoms with Crippen LogP contribution >= 0.6 is 0 Å². The molecular formula is C20H19NO. The van der Waals surface area contributed by atoms with Crippen molar-refractivity contribution in [2.45, 2.75) is 6.04 Å². The highest BCUT2D eigenvalue weighted by Crippen LogP contribution is 2.27. The molecule has 0 fully saturated rings. The molecule has 0 aliphatic heterocycles. The summed E-state index contributed by atoms with van der Waals surface area (Å²) in [6.07, 6.45) is 0. The van der Waals surface area contributed by atoms with Crippen molar-refractivity contribution in [2.75, 3.05) is 12.4 Å². The van der Waals surface area contributed by atoms with Crippen LogP contribution < -0.4 is 10.1 Å². The number of hydrogen-bond acceptors (Lipinski definition) is 2. The lowest BCUT2D eigenvalue weighted by Crippen LogP contribution is -2.12. The zero-order valence-corrected chi connectivity index (χ0v) is 12.6.